The van der Waals surface area contributed by atoms with Gasteiger partial charge < -0.3 is 14.8 Å². The summed E-state index contributed by atoms with van der Waals surface area (Å²) in [5.41, 5.74) is 0.874. The number of halogens is 1. The molecule has 2 rings (SSSR count). The number of carbonyl (C=O) groups excluding carboxylic acids is 1. The fourth-order valence-corrected chi connectivity index (χ4v) is 2.68. The molecule has 0 fully saturated rings. The Hall–Kier alpha value is -2.71. The second-order valence-corrected chi connectivity index (χ2v) is 6.36. The van der Waals surface area contributed by atoms with Crippen molar-refractivity contribution >= 4 is 23.2 Å². The van der Waals surface area contributed by atoms with Crippen LogP contribution in [0.5, 0.6) is 11.5 Å². The van der Waals surface area contributed by atoms with E-state index in [1.54, 1.807) is 50.2 Å². The number of hydrogen-bond donors (Lipinski definition) is 1. The van der Waals surface area contributed by atoms with Gasteiger partial charge in [0.1, 0.15) is 0 Å². The molecule has 1 amide bonds. The molecule has 2 aromatic carbocycles. The van der Waals surface area contributed by atoms with E-state index in [0.29, 0.717) is 33.3 Å². The second-order valence-electron chi connectivity index (χ2n) is 5.96. The number of benzene rings is 2. The van der Waals surface area contributed by atoms with Crippen molar-refractivity contribution in [2.75, 3.05) is 19.5 Å². The van der Waals surface area contributed by atoms with Gasteiger partial charge in [-0.3, -0.25) is 4.79 Å². The van der Waals surface area contributed by atoms with Gasteiger partial charge in [0.25, 0.3) is 5.91 Å². The largest absolute Gasteiger partial charge is 0.493 e. The molecule has 0 atom stereocenters. The Balaban J connectivity index is 2.30. The van der Waals surface area contributed by atoms with Crippen LogP contribution in [-0.4, -0.2) is 20.1 Å². The Morgan fingerprint density at radius 2 is 1.80 bits per heavy atom. The third-order valence-corrected chi connectivity index (χ3v) is 4.15. The molecule has 5 nitrogen and oxygen atoms in total. The standard InChI is InChI=1S/C19H19ClN2O3/c1-19(2,11-21)14-10-13(6-7-15(14)20)22-18(23)12-5-8-16(24-3)17(9-12)25-4/h5-10H,1-4H3,(H,22,23). The van der Waals surface area contributed by atoms with Crippen LogP contribution in [0.4, 0.5) is 5.69 Å². The zero-order chi connectivity index (χ0) is 18.6. The number of hydrogen-bond acceptors (Lipinski definition) is 4. The number of anilines is 1. The smallest absolute Gasteiger partial charge is 0.255 e. The van der Waals surface area contributed by atoms with Crippen LogP contribution in [0.15, 0.2) is 36.4 Å². The van der Waals surface area contributed by atoms with Gasteiger partial charge in [0, 0.05) is 16.3 Å². The summed E-state index contributed by atoms with van der Waals surface area (Å²) in [6.45, 7) is 3.54. The van der Waals surface area contributed by atoms with Gasteiger partial charge in [-0.2, -0.15) is 5.26 Å². The molecular weight excluding hydrogens is 340 g/mol. The SMILES string of the molecule is COc1ccc(C(=O)Nc2ccc(Cl)c(C(C)(C)C#N)c2)cc1OC. The van der Waals surface area contributed by atoms with E-state index in [-0.39, 0.29) is 5.91 Å². The van der Waals surface area contributed by atoms with Crippen molar-refractivity contribution in [3.05, 3.63) is 52.5 Å². The number of nitrogens with zero attached hydrogens (tertiary/aromatic N) is 1. The zero-order valence-corrected chi connectivity index (χ0v) is 15.3. The minimum atomic E-state index is -0.763. The maximum atomic E-state index is 12.5. The summed E-state index contributed by atoms with van der Waals surface area (Å²) in [6.07, 6.45) is 0. The lowest BCUT2D eigenvalue weighted by Crippen LogP contribution is -2.16. The number of rotatable bonds is 5. The maximum absolute atomic E-state index is 12.5. The highest BCUT2D eigenvalue weighted by Gasteiger charge is 2.23. The number of nitriles is 1. The minimum absolute atomic E-state index is 0.302. The predicted molar refractivity (Wildman–Crippen MR) is 97.6 cm³/mol. The summed E-state index contributed by atoms with van der Waals surface area (Å²) in [6, 6.07) is 12.2. The van der Waals surface area contributed by atoms with E-state index >= 15 is 0 Å². The van der Waals surface area contributed by atoms with Crippen LogP contribution in [0.25, 0.3) is 0 Å². The van der Waals surface area contributed by atoms with Gasteiger partial charge in [0.05, 0.1) is 25.7 Å². The average molecular weight is 359 g/mol. The second kappa shape index (κ2) is 7.45. The molecule has 0 saturated heterocycles. The van der Waals surface area contributed by atoms with E-state index in [0.717, 1.165) is 0 Å². The number of carbonyl (C=O) groups is 1. The number of nitrogens with one attached hydrogen (secondary N) is 1. The topological polar surface area (TPSA) is 71.3 Å². The molecule has 6 heteroatoms. The Morgan fingerprint density at radius 1 is 1.12 bits per heavy atom. The molecular formula is C19H19ClN2O3. The first-order chi connectivity index (χ1) is 11.8. The molecule has 0 radical (unpaired) electrons. The van der Waals surface area contributed by atoms with Gasteiger partial charge in [-0.1, -0.05) is 11.6 Å². The lowest BCUT2D eigenvalue weighted by molar-refractivity contribution is 0.102. The van der Waals surface area contributed by atoms with E-state index in [1.165, 1.54) is 14.2 Å². The molecule has 130 valence electrons. The quantitative estimate of drug-likeness (QED) is 0.859. The normalized spacial score (nSPS) is 10.7. The van der Waals surface area contributed by atoms with Crippen molar-refractivity contribution in [1.29, 1.82) is 5.26 Å². The van der Waals surface area contributed by atoms with Gasteiger partial charge in [-0.05, 0) is 55.8 Å². The first-order valence-corrected chi connectivity index (χ1v) is 7.95. The van der Waals surface area contributed by atoms with Gasteiger partial charge in [-0.15, -0.1) is 0 Å². The van der Waals surface area contributed by atoms with Crippen LogP contribution in [0, 0.1) is 11.3 Å². The molecule has 0 aliphatic heterocycles. The molecule has 0 spiro atoms. The molecule has 0 aliphatic carbocycles. The first-order valence-electron chi connectivity index (χ1n) is 7.57. The van der Waals surface area contributed by atoms with Crippen molar-refractivity contribution in [2.45, 2.75) is 19.3 Å². The van der Waals surface area contributed by atoms with E-state index in [9.17, 15) is 10.1 Å². The number of ether oxygens (including phenoxy) is 2. The summed E-state index contributed by atoms with van der Waals surface area (Å²) in [5.74, 6) is 0.713. The lowest BCUT2D eigenvalue weighted by Gasteiger charge is -2.19. The molecule has 2 aromatic rings. The molecule has 0 bridgehead atoms. The molecule has 0 aliphatic rings. The Morgan fingerprint density at radius 3 is 2.40 bits per heavy atom. The molecule has 25 heavy (non-hydrogen) atoms. The summed E-state index contributed by atoms with van der Waals surface area (Å²) in [7, 11) is 3.04. The van der Waals surface area contributed by atoms with Crippen molar-refractivity contribution in [3.63, 3.8) is 0 Å². The van der Waals surface area contributed by atoms with Crippen LogP contribution in [0.3, 0.4) is 0 Å². The van der Waals surface area contributed by atoms with Gasteiger partial charge >= 0.3 is 0 Å². The van der Waals surface area contributed by atoms with Crippen LogP contribution < -0.4 is 14.8 Å². The van der Waals surface area contributed by atoms with E-state index in [1.807, 2.05) is 0 Å². The zero-order valence-electron chi connectivity index (χ0n) is 14.5. The van der Waals surface area contributed by atoms with Crippen molar-refractivity contribution in [3.8, 4) is 17.6 Å². The Bertz CT molecular complexity index is 841. The van der Waals surface area contributed by atoms with Crippen molar-refractivity contribution in [1.82, 2.24) is 0 Å². The maximum Gasteiger partial charge on any atom is 0.255 e. The van der Waals surface area contributed by atoms with Gasteiger partial charge in [-0.25, -0.2) is 0 Å². The van der Waals surface area contributed by atoms with Crippen LogP contribution in [0.2, 0.25) is 5.02 Å². The van der Waals surface area contributed by atoms with E-state index in [2.05, 4.69) is 11.4 Å². The Kier molecular flexibility index (Phi) is 5.55. The number of methoxy groups -OCH3 is 2. The van der Waals surface area contributed by atoms with E-state index in [4.69, 9.17) is 21.1 Å². The van der Waals surface area contributed by atoms with Crippen molar-refractivity contribution in [2.24, 2.45) is 0 Å². The highest BCUT2D eigenvalue weighted by atomic mass is 35.5. The van der Waals surface area contributed by atoms with Crippen LogP contribution in [-0.2, 0) is 5.41 Å². The van der Waals surface area contributed by atoms with Crippen LogP contribution >= 0.6 is 11.6 Å². The monoisotopic (exact) mass is 358 g/mol. The highest BCUT2D eigenvalue weighted by molar-refractivity contribution is 6.31. The highest BCUT2D eigenvalue weighted by Crippen LogP contribution is 2.32. The van der Waals surface area contributed by atoms with Crippen molar-refractivity contribution < 1.29 is 14.3 Å². The molecule has 0 saturated carbocycles. The number of amides is 1. The summed E-state index contributed by atoms with van der Waals surface area (Å²) in [5, 5.41) is 12.6. The fourth-order valence-electron chi connectivity index (χ4n) is 2.32. The average Bonchev–Trinajstić information content (AvgIpc) is 2.62. The van der Waals surface area contributed by atoms with E-state index < -0.39 is 5.41 Å². The minimum Gasteiger partial charge on any atom is -0.493 e. The summed E-state index contributed by atoms with van der Waals surface area (Å²) >= 11 is 6.19. The first kappa shape index (κ1) is 18.6. The Labute approximate surface area is 152 Å². The molecule has 0 unspecified atom stereocenters. The third kappa shape index (κ3) is 4.04. The third-order valence-electron chi connectivity index (χ3n) is 3.82. The lowest BCUT2D eigenvalue weighted by atomic mass is 9.86. The summed E-state index contributed by atoms with van der Waals surface area (Å²) < 4.78 is 10.4. The molecule has 0 heterocycles. The summed E-state index contributed by atoms with van der Waals surface area (Å²) in [4.78, 5) is 12.5. The van der Waals surface area contributed by atoms with Gasteiger partial charge in [0.2, 0.25) is 0 Å². The van der Waals surface area contributed by atoms with Gasteiger partial charge in [0.15, 0.2) is 11.5 Å². The molecule has 1 N–H and O–H groups in total. The fraction of sp³-hybridized carbons (Fsp3) is 0.263. The predicted octanol–water partition coefficient (Wildman–Crippen LogP) is 4.41. The molecule has 0 aromatic heterocycles. The van der Waals surface area contributed by atoms with Crippen LogP contribution in [0.1, 0.15) is 29.8 Å².